The zero-order valence-corrected chi connectivity index (χ0v) is 19.7. The van der Waals surface area contributed by atoms with E-state index in [0.717, 1.165) is 22.9 Å². The summed E-state index contributed by atoms with van der Waals surface area (Å²) in [6.45, 7) is 4.43. The van der Waals surface area contributed by atoms with Gasteiger partial charge >= 0.3 is 0 Å². The van der Waals surface area contributed by atoms with Crippen LogP contribution < -0.4 is 5.73 Å². The number of aromatic nitrogens is 2. The number of fused-ring (bicyclic) bond motifs is 1. The largest absolute Gasteiger partial charge is 0.383 e. The van der Waals surface area contributed by atoms with Gasteiger partial charge in [0.15, 0.2) is 0 Å². The molecule has 0 saturated heterocycles. The van der Waals surface area contributed by atoms with E-state index in [-0.39, 0.29) is 0 Å². The normalized spacial score (nSPS) is 15.6. The molecule has 3 heteroatoms. The Labute approximate surface area is 197 Å². The van der Waals surface area contributed by atoms with E-state index >= 15 is 0 Å². The lowest BCUT2D eigenvalue weighted by Crippen LogP contribution is -2.08. The van der Waals surface area contributed by atoms with Crippen molar-refractivity contribution >= 4 is 16.7 Å². The molecule has 168 valence electrons. The lowest BCUT2D eigenvalue weighted by Gasteiger charge is -2.23. The molecule has 1 saturated carbocycles. The number of nitrogen functional groups attached to an aromatic ring is 1. The van der Waals surface area contributed by atoms with Crippen LogP contribution in [0.25, 0.3) is 22.0 Å². The van der Waals surface area contributed by atoms with Gasteiger partial charge in [-0.15, -0.1) is 0 Å². The Morgan fingerprint density at radius 1 is 0.970 bits per heavy atom. The minimum atomic E-state index is 0.335. The maximum absolute atomic E-state index is 6.41. The van der Waals surface area contributed by atoms with Gasteiger partial charge in [0.1, 0.15) is 5.82 Å². The van der Waals surface area contributed by atoms with E-state index in [1.807, 2.05) is 6.20 Å². The van der Waals surface area contributed by atoms with Crippen molar-refractivity contribution in [1.82, 2.24) is 9.97 Å². The molecule has 2 aromatic heterocycles. The van der Waals surface area contributed by atoms with E-state index in [4.69, 9.17) is 10.7 Å². The highest BCUT2D eigenvalue weighted by molar-refractivity contribution is 5.87. The first-order valence-electron chi connectivity index (χ1n) is 12.3. The van der Waals surface area contributed by atoms with Crippen molar-refractivity contribution in [3.63, 3.8) is 0 Å². The minimum Gasteiger partial charge on any atom is -0.383 e. The zero-order valence-electron chi connectivity index (χ0n) is 19.7. The zero-order chi connectivity index (χ0) is 22.8. The second-order valence-corrected chi connectivity index (χ2v) is 9.75. The number of anilines is 1. The van der Waals surface area contributed by atoms with Crippen molar-refractivity contribution in [3.8, 4) is 11.1 Å². The topological polar surface area (TPSA) is 51.8 Å². The molecule has 0 amide bonds. The van der Waals surface area contributed by atoms with Gasteiger partial charge in [0.2, 0.25) is 0 Å². The third-order valence-corrected chi connectivity index (χ3v) is 7.34. The van der Waals surface area contributed by atoms with Gasteiger partial charge in [0.05, 0.1) is 5.52 Å². The van der Waals surface area contributed by atoms with Crippen LogP contribution in [0.3, 0.4) is 0 Å². The van der Waals surface area contributed by atoms with E-state index in [1.54, 1.807) is 0 Å². The van der Waals surface area contributed by atoms with Crippen LogP contribution in [0.15, 0.2) is 67.0 Å². The fourth-order valence-corrected chi connectivity index (χ4v) is 5.32. The summed E-state index contributed by atoms with van der Waals surface area (Å²) in [7, 11) is 0. The van der Waals surface area contributed by atoms with E-state index in [0.29, 0.717) is 17.7 Å². The van der Waals surface area contributed by atoms with Crippen LogP contribution in [0.4, 0.5) is 5.82 Å². The Kier molecular flexibility index (Phi) is 6.13. The molecule has 1 aliphatic carbocycles. The smallest absolute Gasteiger partial charge is 0.127 e. The fourth-order valence-electron chi connectivity index (χ4n) is 5.32. The SMILES string of the molecule is Cc1ccccc1-c1ccc2nc(N)c(CC(C)c3cncc(C4CCCCC4)c3)cc2c1. The number of pyridine rings is 2. The number of nitrogens with two attached hydrogens (primary N) is 1. The second kappa shape index (κ2) is 9.35. The monoisotopic (exact) mass is 435 g/mol. The third kappa shape index (κ3) is 4.64. The molecular formula is C30H33N3. The van der Waals surface area contributed by atoms with E-state index in [9.17, 15) is 0 Å². The number of hydrogen-bond donors (Lipinski definition) is 1. The van der Waals surface area contributed by atoms with Gasteiger partial charge in [-0.05, 0) is 89.6 Å². The summed E-state index contributed by atoms with van der Waals surface area (Å²) in [5.74, 6) is 1.64. The number of benzene rings is 2. The third-order valence-electron chi connectivity index (χ3n) is 7.34. The maximum Gasteiger partial charge on any atom is 0.127 e. The van der Waals surface area contributed by atoms with Gasteiger partial charge in [-0.1, -0.05) is 62.6 Å². The molecular weight excluding hydrogens is 402 g/mol. The molecule has 3 nitrogen and oxygen atoms in total. The van der Waals surface area contributed by atoms with E-state index < -0.39 is 0 Å². The lowest BCUT2D eigenvalue weighted by molar-refractivity contribution is 0.442. The van der Waals surface area contributed by atoms with Crippen LogP contribution in [-0.2, 0) is 6.42 Å². The molecule has 0 aliphatic heterocycles. The molecule has 0 spiro atoms. The number of nitrogens with zero attached hydrogens (tertiary/aromatic N) is 2. The van der Waals surface area contributed by atoms with Gasteiger partial charge in [-0.25, -0.2) is 4.98 Å². The highest BCUT2D eigenvalue weighted by Crippen LogP contribution is 2.34. The number of hydrogen-bond acceptors (Lipinski definition) is 3. The summed E-state index contributed by atoms with van der Waals surface area (Å²) in [6, 6.07) is 19.6. The molecule has 1 aliphatic rings. The molecule has 2 aromatic carbocycles. The Bertz CT molecular complexity index is 1270. The Balaban J connectivity index is 1.42. The Hall–Kier alpha value is -3.20. The molecule has 2 N–H and O–H groups in total. The summed E-state index contributed by atoms with van der Waals surface area (Å²) in [5.41, 5.74) is 14.9. The average Bonchev–Trinajstić information content (AvgIpc) is 2.85. The Morgan fingerprint density at radius 3 is 2.61 bits per heavy atom. The summed E-state index contributed by atoms with van der Waals surface area (Å²) >= 11 is 0. The molecule has 1 atom stereocenters. The number of aryl methyl sites for hydroxylation is 1. The molecule has 33 heavy (non-hydrogen) atoms. The van der Waals surface area contributed by atoms with Crippen LogP contribution in [0.2, 0.25) is 0 Å². The van der Waals surface area contributed by atoms with Crippen molar-refractivity contribution in [2.24, 2.45) is 0 Å². The molecule has 1 fully saturated rings. The first kappa shape index (κ1) is 21.6. The van der Waals surface area contributed by atoms with Gasteiger partial charge < -0.3 is 5.73 Å². The van der Waals surface area contributed by atoms with Crippen LogP contribution in [-0.4, -0.2) is 9.97 Å². The number of rotatable bonds is 5. The van der Waals surface area contributed by atoms with Gasteiger partial charge in [-0.3, -0.25) is 4.98 Å². The first-order valence-corrected chi connectivity index (χ1v) is 12.3. The van der Waals surface area contributed by atoms with Crippen molar-refractivity contribution in [1.29, 1.82) is 0 Å². The van der Waals surface area contributed by atoms with E-state index in [2.05, 4.69) is 79.6 Å². The fraction of sp³-hybridized carbons (Fsp3) is 0.333. The summed E-state index contributed by atoms with van der Waals surface area (Å²) < 4.78 is 0. The van der Waals surface area contributed by atoms with Crippen molar-refractivity contribution in [2.75, 3.05) is 5.73 Å². The standard InChI is InChI=1S/C30H33N3/c1-20-8-6-7-11-28(20)23-12-13-29-24(15-23)16-25(30(31)33-29)14-21(2)26-17-27(19-32-18-26)22-9-4-3-5-10-22/h6-8,11-13,15-19,21-22H,3-5,9-10,14H2,1-2H3,(H2,31,33). The summed E-state index contributed by atoms with van der Waals surface area (Å²) in [5, 5.41) is 1.14. The van der Waals surface area contributed by atoms with Crippen LogP contribution in [0.1, 0.15) is 73.1 Å². The Morgan fingerprint density at radius 2 is 1.79 bits per heavy atom. The summed E-state index contributed by atoms with van der Waals surface area (Å²) in [6.07, 6.45) is 11.6. The quantitative estimate of drug-likeness (QED) is 0.351. The molecule has 1 unspecified atom stereocenters. The van der Waals surface area contributed by atoms with Crippen LogP contribution >= 0.6 is 0 Å². The van der Waals surface area contributed by atoms with Gasteiger partial charge in [-0.2, -0.15) is 0 Å². The van der Waals surface area contributed by atoms with E-state index in [1.165, 1.54) is 59.9 Å². The van der Waals surface area contributed by atoms with Crippen molar-refractivity contribution < 1.29 is 0 Å². The van der Waals surface area contributed by atoms with Crippen molar-refractivity contribution in [2.45, 2.75) is 64.2 Å². The lowest BCUT2D eigenvalue weighted by atomic mass is 9.83. The molecule has 4 aromatic rings. The predicted molar refractivity (Wildman–Crippen MR) is 139 cm³/mol. The van der Waals surface area contributed by atoms with Gasteiger partial charge in [0.25, 0.3) is 0 Å². The molecule has 5 rings (SSSR count). The second-order valence-electron chi connectivity index (χ2n) is 9.75. The minimum absolute atomic E-state index is 0.335. The van der Waals surface area contributed by atoms with Crippen molar-refractivity contribution in [3.05, 3.63) is 89.2 Å². The van der Waals surface area contributed by atoms with Crippen LogP contribution in [0, 0.1) is 6.92 Å². The molecule has 0 bridgehead atoms. The first-order chi connectivity index (χ1) is 16.1. The van der Waals surface area contributed by atoms with Gasteiger partial charge in [0, 0.05) is 17.8 Å². The highest BCUT2D eigenvalue weighted by atomic mass is 14.8. The predicted octanol–water partition coefficient (Wildman–Crippen LogP) is 7.58. The molecule has 0 radical (unpaired) electrons. The maximum atomic E-state index is 6.41. The highest BCUT2D eigenvalue weighted by Gasteiger charge is 2.18. The van der Waals surface area contributed by atoms with Crippen LogP contribution in [0.5, 0.6) is 0 Å². The summed E-state index contributed by atoms with van der Waals surface area (Å²) in [4.78, 5) is 9.33. The average molecular weight is 436 g/mol. The molecule has 2 heterocycles.